The zero-order valence-electron chi connectivity index (χ0n) is 41.7. The number of aliphatic hydroxyl groups excluding tert-OH is 4. The molecule has 4 heterocycles. The minimum Gasteiger partial charge on any atom is -0.390 e. The maximum absolute atomic E-state index is 10.8. The van der Waals surface area contributed by atoms with Crippen molar-refractivity contribution in [3.05, 3.63) is 0 Å². The van der Waals surface area contributed by atoms with Gasteiger partial charge in [0.15, 0.2) is 0 Å². The molecule has 0 spiro atoms. The first-order valence-electron chi connectivity index (χ1n) is 26.8. The molecule has 4 saturated carbocycles. The maximum atomic E-state index is 10.8. The van der Waals surface area contributed by atoms with Crippen LogP contribution in [0.3, 0.4) is 0 Å². The van der Waals surface area contributed by atoms with Gasteiger partial charge in [-0.25, -0.2) is 0 Å². The molecule has 4 aliphatic heterocycles. The average molecular weight is 945 g/mol. The van der Waals surface area contributed by atoms with Gasteiger partial charge in [0.1, 0.15) is 12.2 Å². The van der Waals surface area contributed by atoms with E-state index in [-0.39, 0.29) is 24.2 Å². The van der Waals surface area contributed by atoms with E-state index in [1.54, 1.807) is 7.11 Å². The van der Waals surface area contributed by atoms with Gasteiger partial charge in [0.2, 0.25) is 0 Å². The second-order valence-corrected chi connectivity index (χ2v) is 21.0. The van der Waals surface area contributed by atoms with Crippen molar-refractivity contribution in [1.82, 2.24) is 0 Å². The van der Waals surface area contributed by atoms with Gasteiger partial charge >= 0.3 is 0 Å². The zero-order valence-corrected chi connectivity index (χ0v) is 41.7. The van der Waals surface area contributed by atoms with Gasteiger partial charge < -0.3 is 67.8 Å². The Balaban J connectivity index is 0.000000216. The lowest BCUT2D eigenvalue weighted by Gasteiger charge is -2.32. The molecule has 4 saturated heterocycles. The summed E-state index contributed by atoms with van der Waals surface area (Å²) in [4.78, 5) is 0. The number of hydrogen-bond acceptors (Lipinski definition) is 14. The fourth-order valence-electron chi connectivity index (χ4n) is 10.3. The highest BCUT2D eigenvalue weighted by Gasteiger charge is 2.39. The first kappa shape index (κ1) is 56.4. The zero-order chi connectivity index (χ0) is 46.9. The molecular formula is C52H96O14. The van der Waals surface area contributed by atoms with Crippen molar-refractivity contribution in [3.8, 4) is 0 Å². The van der Waals surface area contributed by atoms with Crippen LogP contribution < -0.4 is 0 Å². The van der Waals surface area contributed by atoms with Crippen LogP contribution in [0.5, 0.6) is 0 Å². The van der Waals surface area contributed by atoms with Gasteiger partial charge in [-0.3, -0.25) is 0 Å². The Hall–Kier alpha value is -0.560. The third kappa shape index (κ3) is 24.0. The molecule has 0 bridgehead atoms. The Bertz CT molecular complexity index is 1180. The predicted molar refractivity (Wildman–Crippen MR) is 252 cm³/mol. The summed E-state index contributed by atoms with van der Waals surface area (Å²) >= 11 is 0. The van der Waals surface area contributed by atoms with E-state index in [1.807, 2.05) is 0 Å². The molecule has 14 heteroatoms. The molecule has 66 heavy (non-hydrogen) atoms. The molecule has 4 N–H and O–H groups in total. The summed E-state index contributed by atoms with van der Waals surface area (Å²) in [7, 11) is 1.64. The fraction of sp³-hybridized carbons (Fsp3) is 1.00. The fourth-order valence-corrected chi connectivity index (χ4v) is 10.3. The van der Waals surface area contributed by atoms with Gasteiger partial charge in [-0.1, -0.05) is 58.3 Å². The van der Waals surface area contributed by atoms with Crippen LogP contribution in [0.25, 0.3) is 0 Å². The van der Waals surface area contributed by atoms with Crippen LogP contribution in [0.1, 0.15) is 143 Å². The minimum absolute atomic E-state index is 0.193. The van der Waals surface area contributed by atoms with E-state index >= 15 is 0 Å². The molecule has 8 rings (SSSR count). The Morgan fingerprint density at radius 2 is 0.803 bits per heavy atom. The van der Waals surface area contributed by atoms with Crippen LogP contribution in [-0.2, 0) is 47.4 Å². The summed E-state index contributed by atoms with van der Waals surface area (Å²) in [6.07, 6.45) is 21.7. The van der Waals surface area contributed by atoms with E-state index in [1.165, 1.54) is 51.4 Å². The van der Waals surface area contributed by atoms with Gasteiger partial charge in [-0.05, 0) is 120 Å². The second-order valence-electron chi connectivity index (χ2n) is 21.0. The minimum atomic E-state index is -0.463. The van der Waals surface area contributed by atoms with E-state index in [9.17, 15) is 20.4 Å². The summed E-state index contributed by atoms with van der Waals surface area (Å²) in [5.41, 5.74) is 0. The molecule has 0 radical (unpaired) electrons. The molecule has 0 aromatic heterocycles. The Morgan fingerprint density at radius 3 is 1.20 bits per heavy atom. The number of ether oxygens (including phenoxy) is 10. The second kappa shape index (κ2) is 32.4. The Labute approximate surface area is 399 Å². The van der Waals surface area contributed by atoms with Crippen LogP contribution in [0, 0.1) is 35.5 Å². The highest BCUT2D eigenvalue weighted by Crippen LogP contribution is 2.39. The van der Waals surface area contributed by atoms with Crippen LogP contribution in [0.2, 0.25) is 0 Å². The molecule has 8 fully saturated rings. The molecule has 14 unspecified atom stereocenters. The number of aliphatic hydroxyl groups is 4. The molecule has 0 amide bonds. The van der Waals surface area contributed by atoms with Crippen LogP contribution in [-0.4, -0.2) is 174 Å². The monoisotopic (exact) mass is 945 g/mol. The largest absolute Gasteiger partial charge is 0.390 e. The van der Waals surface area contributed by atoms with Crippen molar-refractivity contribution in [2.45, 2.75) is 204 Å². The van der Waals surface area contributed by atoms with Crippen LogP contribution in [0.4, 0.5) is 0 Å². The first-order chi connectivity index (χ1) is 32.1. The van der Waals surface area contributed by atoms with Gasteiger partial charge in [0.05, 0.1) is 128 Å². The van der Waals surface area contributed by atoms with Gasteiger partial charge in [0.25, 0.3) is 0 Å². The van der Waals surface area contributed by atoms with E-state index in [0.717, 1.165) is 97.1 Å². The Morgan fingerprint density at radius 1 is 0.439 bits per heavy atom. The lowest BCUT2D eigenvalue weighted by molar-refractivity contribution is -0.105. The SMILES string of the molecule is CC1CO1.CC1CO1.CCCOCC(COCC(O)C1CCCC(C2CO2)C1)OCC(O)C1CCCC(C2CO2)C1.COCC(COCC(O)C1CCCCC1)OCC(O)C1CCCCC1. The number of epoxide rings is 4. The molecule has 8 aliphatic rings. The molecule has 4 aliphatic carbocycles. The van der Waals surface area contributed by atoms with E-state index in [2.05, 4.69) is 20.8 Å². The first-order valence-corrected chi connectivity index (χ1v) is 26.8. The third-order valence-electron chi connectivity index (χ3n) is 15.0. The van der Waals surface area contributed by atoms with Gasteiger partial charge in [0, 0.05) is 13.7 Å². The Kier molecular flexibility index (Phi) is 27.7. The number of methoxy groups -OCH3 is 1. The molecular weight excluding hydrogens is 849 g/mol. The van der Waals surface area contributed by atoms with Crippen molar-refractivity contribution in [3.63, 3.8) is 0 Å². The van der Waals surface area contributed by atoms with Gasteiger partial charge in [-0.15, -0.1) is 0 Å². The normalized spacial score (nSPS) is 32.4. The number of hydrogen-bond donors (Lipinski definition) is 4. The third-order valence-corrected chi connectivity index (χ3v) is 15.0. The molecule has 0 aromatic rings. The molecule has 0 aromatic carbocycles. The van der Waals surface area contributed by atoms with Crippen molar-refractivity contribution in [2.75, 3.05) is 93.0 Å². The highest BCUT2D eigenvalue weighted by atomic mass is 16.6. The summed E-state index contributed by atoms with van der Waals surface area (Å²) in [5, 5.41) is 42.1. The molecule has 14 atom stereocenters. The summed E-state index contributed by atoms with van der Waals surface area (Å²) in [5.74, 6) is 2.51. The predicted octanol–water partition coefficient (Wildman–Crippen LogP) is 6.67. The molecule has 14 nitrogen and oxygen atoms in total. The highest BCUT2D eigenvalue weighted by molar-refractivity contribution is 4.88. The van der Waals surface area contributed by atoms with Crippen molar-refractivity contribution in [1.29, 1.82) is 0 Å². The summed E-state index contributed by atoms with van der Waals surface area (Å²) < 4.78 is 54.8. The van der Waals surface area contributed by atoms with E-state index in [0.29, 0.717) is 113 Å². The topological polar surface area (TPSA) is 186 Å². The lowest BCUT2D eigenvalue weighted by Crippen LogP contribution is -2.36. The van der Waals surface area contributed by atoms with Crippen molar-refractivity contribution < 1.29 is 67.8 Å². The quantitative estimate of drug-likeness (QED) is 0.0532. The molecule has 388 valence electrons. The van der Waals surface area contributed by atoms with Crippen LogP contribution >= 0.6 is 0 Å². The smallest absolute Gasteiger partial charge is 0.104 e. The van der Waals surface area contributed by atoms with E-state index in [4.69, 9.17) is 47.4 Å². The van der Waals surface area contributed by atoms with Gasteiger partial charge in [-0.2, -0.15) is 0 Å². The average Bonchev–Trinajstić information content (AvgIpc) is 4.12. The summed E-state index contributed by atoms with van der Waals surface area (Å²) in [6.45, 7) is 13.6. The lowest BCUT2D eigenvalue weighted by atomic mass is 9.77. The maximum Gasteiger partial charge on any atom is 0.104 e. The van der Waals surface area contributed by atoms with Crippen molar-refractivity contribution in [2.24, 2.45) is 35.5 Å². The summed E-state index contributed by atoms with van der Waals surface area (Å²) in [6, 6.07) is 0. The standard InChI is InChI=1S/C26H46O7.C20H38O5.2C3H6O/c1-2-9-29-12-22(31-15-24(28)19-6-4-8-21(11-19)26-17-33-26)13-30-14-23(27)18-5-3-7-20(10-18)25-16-32-25;1-23-12-18(25-15-20(22)17-10-6-3-7-11-17)13-24-14-19(21)16-8-4-2-5-9-16;2*1-3-2-4-3/h18-28H,2-17H2,1H3;16-22H,2-15H2,1H3;2*3H,2H2,1H3. The number of rotatable bonds is 26. The van der Waals surface area contributed by atoms with Crippen LogP contribution in [0.15, 0.2) is 0 Å². The van der Waals surface area contributed by atoms with E-state index < -0.39 is 18.3 Å². The van der Waals surface area contributed by atoms with Crippen molar-refractivity contribution >= 4 is 0 Å².